The van der Waals surface area contributed by atoms with Gasteiger partial charge in [0.2, 0.25) is 0 Å². The number of alkyl halides is 1. The predicted molar refractivity (Wildman–Crippen MR) is 90.5 cm³/mol. The lowest BCUT2D eigenvalue weighted by Crippen LogP contribution is -1.97. The van der Waals surface area contributed by atoms with Crippen LogP contribution in [0.2, 0.25) is 0 Å². The fourth-order valence-corrected chi connectivity index (χ4v) is 2.58. The van der Waals surface area contributed by atoms with Crippen LogP contribution >= 0.6 is 11.6 Å². The summed E-state index contributed by atoms with van der Waals surface area (Å²) < 4.78 is 7.64. The Morgan fingerprint density at radius 1 is 1.23 bits per heavy atom. The Balaban J connectivity index is 1.95. The molecule has 3 rings (SSSR count). The van der Waals surface area contributed by atoms with E-state index in [-0.39, 0.29) is 0 Å². The van der Waals surface area contributed by atoms with Crippen molar-refractivity contribution in [3.05, 3.63) is 66.5 Å². The molecule has 2 heterocycles. The lowest BCUT2D eigenvalue weighted by atomic mass is 10.1. The zero-order valence-corrected chi connectivity index (χ0v) is 13.2. The van der Waals surface area contributed by atoms with Crippen molar-refractivity contribution >= 4 is 17.2 Å². The first-order valence-electron chi connectivity index (χ1n) is 7.08. The van der Waals surface area contributed by atoms with Gasteiger partial charge in [0.05, 0.1) is 17.3 Å². The Bertz CT molecular complexity index is 806. The fourth-order valence-electron chi connectivity index (χ4n) is 2.32. The second kappa shape index (κ2) is 6.24. The Kier molecular flexibility index (Phi) is 4.16. The number of nitrogens with zero attached hydrogens (tertiary/aromatic N) is 2. The van der Waals surface area contributed by atoms with Crippen molar-refractivity contribution in [3.63, 3.8) is 0 Å². The van der Waals surface area contributed by atoms with Crippen molar-refractivity contribution in [2.24, 2.45) is 0 Å². The largest absolute Gasteiger partial charge is 0.489 e. The first-order valence-corrected chi connectivity index (χ1v) is 7.62. The Labute approximate surface area is 134 Å². The molecule has 3 aromatic rings. The number of benzene rings is 1. The second-order valence-electron chi connectivity index (χ2n) is 5.24. The van der Waals surface area contributed by atoms with E-state index in [9.17, 15) is 0 Å². The minimum Gasteiger partial charge on any atom is -0.489 e. The van der Waals surface area contributed by atoms with Gasteiger partial charge in [-0.2, -0.15) is 0 Å². The fraction of sp³-hybridized carbons (Fsp3) is 0.167. The van der Waals surface area contributed by atoms with Crippen LogP contribution in [0.5, 0.6) is 5.75 Å². The van der Waals surface area contributed by atoms with Crippen LogP contribution in [0.1, 0.15) is 12.6 Å². The van der Waals surface area contributed by atoms with E-state index in [1.165, 1.54) is 0 Å². The highest BCUT2D eigenvalue weighted by atomic mass is 35.5. The number of rotatable bonds is 5. The van der Waals surface area contributed by atoms with Crippen molar-refractivity contribution < 1.29 is 4.74 Å². The van der Waals surface area contributed by atoms with Gasteiger partial charge in [-0.25, -0.2) is 4.98 Å². The standard InChI is InChI=1S/C18H17ClN2O/c1-13(2)12-22-15-8-6-14(7-9-15)18-16(11-19)21-10-4-3-5-17(21)20-18/h3-10H,1,11-12H2,2H3. The monoisotopic (exact) mass is 312 g/mol. The molecule has 0 amide bonds. The van der Waals surface area contributed by atoms with E-state index in [1.807, 2.05) is 60.0 Å². The van der Waals surface area contributed by atoms with E-state index < -0.39 is 0 Å². The molecule has 0 radical (unpaired) electrons. The second-order valence-corrected chi connectivity index (χ2v) is 5.51. The van der Waals surface area contributed by atoms with Crippen LogP contribution < -0.4 is 4.74 Å². The van der Waals surface area contributed by atoms with E-state index in [2.05, 4.69) is 11.6 Å². The molecule has 0 unspecified atom stereocenters. The van der Waals surface area contributed by atoms with Gasteiger partial charge in [0.1, 0.15) is 18.0 Å². The lowest BCUT2D eigenvalue weighted by molar-refractivity contribution is 0.353. The molecule has 0 aliphatic heterocycles. The molecule has 0 saturated carbocycles. The van der Waals surface area contributed by atoms with Crippen LogP contribution in [0.25, 0.3) is 16.9 Å². The van der Waals surface area contributed by atoms with E-state index in [0.717, 1.165) is 33.9 Å². The maximum Gasteiger partial charge on any atom is 0.137 e. The minimum atomic E-state index is 0.411. The number of imidazole rings is 1. The highest BCUT2D eigenvalue weighted by Gasteiger charge is 2.12. The van der Waals surface area contributed by atoms with Crippen LogP contribution in [0, 0.1) is 0 Å². The number of fused-ring (bicyclic) bond motifs is 1. The maximum atomic E-state index is 6.12. The molecule has 4 heteroatoms. The van der Waals surface area contributed by atoms with Crippen molar-refractivity contribution in [1.82, 2.24) is 9.38 Å². The van der Waals surface area contributed by atoms with Gasteiger partial charge < -0.3 is 9.14 Å². The number of ether oxygens (including phenoxy) is 1. The molecule has 0 aliphatic carbocycles. The van der Waals surface area contributed by atoms with Crippen molar-refractivity contribution in [3.8, 4) is 17.0 Å². The van der Waals surface area contributed by atoms with E-state index in [1.54, 1.807) is 0 Å². The van der Waals surface area contributed by atoms with Crippen molar-refractivity contribution in [2.45, 2.75) is 12.8 Å². The van der Waals surface area contributed by atoms with Crippen molar-refractivity contribution in [1.29, 1.82) is 0 Å². The Hall–Kier alpha value is -2.26. The average molecular weight is 313 g/mol. The zero-order valence-electron chi connectivity index (χ0n) is 12.4. The summed E-state index contributed by atoms with van der Waals surface area (Å²) in [7, 11) is 0. The number of pyridine rings is 1. The van der Waals surface area contributed by atoms with E-state index in [4.69, 9.17) is 16.3 Å². The van der Waals surface area contributed by atoms with E-state index in [0.29, 0.717) is 12.5 Å². The molecular weight excluding hydrogens is 296 g/mol. The lowest BCUT2D eigenvalue weighted by Gasteiger charge is -2.07. The molecule has 2 aromatic heterocycles. The number of hydrogen-bond acceptors (Lipinski definition) is 2. The summed E-state index contributed by atoms with van der Waals surface area (Å²) in [4.78, 5) is 4.68. The van der Waals surface area contributed by atoms with Crippen LogP contribution in [0.3, 0.4) is 0 Å². The summed E-state index contributed by atoms with van der Waals surface area (Å²) in [6.45, 7) is 6.30. The van der Waals surface area contributed by atoms with Crippen LogP contribution in [-0.4, -0.2) is 16.0 Å². The molecule has 1 aromatic carbocycles. The van der Waals surface area contributed by atoms with Gasteiger partial charge in [0.25, 0.3) is 0 Å². The third-order valence-corrected chi connectivity index (χ3v) is 3.62. The van der Waals surface area contributed by atoms with Crippen LogP contribution in [0.4, 0.5) is 0 Å². The highest BCUT2D eigenvalue weighted by Crippen LogP contribution is 2.27. The third kappa shape index (κ3) is 2.85. The molecule has 22 heavy (non-hydrogen) atoms. The first kappa shape index (κ1) is 14.7. The topological polar surface area (TPSA) is 26.5 Å². The summed E-state index contributed by atoms with van der Waals surface area (Å²) >= 11 is 6.12. The van der Waals surface area contributed by atoms with Gasteiger partial charge in [-0.1, -0.05) is 12.6 Å². The smallest absolute Gasteiger partial charge is 0.137 e. The molecule has 0 saturated heterocycles. The number of aromatic nitrogens is 2. The molecule has 0 bridgehead atoms. The van der Waals surface area contributed by atoms with Gasteiger partial charge >= 0.3 is 0 Å². The van der Waals surface area contributed by atoms with Gasteiger partial charge in [0, 0.05) is 11.8 Å². The summed E-state index contributed by atoms with van der Waals surface area (Å²) in [5.74, 6) is 1.23. The first-order chi connectivity index (χ1) is 10.7. The summed E-state index contributed by atoms with van der Waals surface area (Å²) in [5.41, 5.74) is 4.83. The molecule has 0 fully saturated rings. The molecular formula is C18H17ClN2O. The van der Waals surface area contributed by atoms with Crippen LogP contribution in [0.15, 0.2) is 60.8 Å². The quantitative estimate of drug-likeness (QED) is 0.504. The normalized spacial score (nSPS) is 10.8. The van der Waals surface area contributed by atoms with Gasteiger partial charge in [-0.15, -0.1) is 11.6 Å². The molecule has 3 nitrogen and oxygen atoms in total. The average Bonchev–Trinajstić information content (AvgIpc) is 2.92. The summed E-state index contributed by atoms with van der Waals surface area (Å²) in [5, 5.41) is 0. The molecule has 112 valence electrons. The minimum absolute atomic E-state index is 0.411. The SMILES string of the molecule is C=C(C)COc1ccc(-c2nc3ccccn3c2CCl)cc1. The zero-order chi connectivity index (χ0) is 15.5. The highest BCUT2D eigenvalue weighted by molar-refractivity contribution is 6.17. The molecule has 0 N–H and O–H groups in total. The molecule has 0 aliphatic rings. The van der Waals surface area contributed by atoms with Gasteiger partial charge in [-0.05, 0) is 48.9 Å². The van der Waals surface area contributed by atoms with E-state index >= 15 is 0 Å². The predicted octanol–water partition coefficient (Wildman–Crippen LogP) is 4.70. The number of halogens is 1. The van der Waals surface area contributed by atoms with Crippen LogP contribution in [-0.2, 0) is 5.88 Å². The molecule has 0 spiro atoms. The molecule has 0 atom stereocenters. The Morgan fingerprint density at radius 2 is 2.00 bits per heavy atom. The van der Waals surface area contributed by atoms with Gasteiger partial charge in [0.15, 0.2) is 0 Å². The van der Waals surface area contributed by atoms with Gasteiger partial charge in [-0.3, -0.25) is 0 Å². The summed E-state index contributed by atoms with van der Waals surface area (Å²) in [6, 6.07) is 13.8. The van der Waals surface area contributed by atoms with Crippen molar-refractivity contribution in [2.75, 3.05) is 6.61 Å². The Morgan fingerprint density at radius 3 is 2.68 bits per heavy atom. The number of hydrogen-bond donors (Lipinski definition) is 0. The summed E-state index contributed by atoms with van der Waals surface area (Å²) in [6.07, 6.45) is 1.98. The maximum absolute atomic E-state index is 6.12. The third-order valence-electron chi connectivity index (χ3n) is 3.37.